The fourth-order valence-corrected chi connectivity index (χ4v) is 1.88. The lowest BCUT2D eigenvalue weighted by Gasteiger charge is -2.27. The normalized spacial score (nSPS) is 19.3. The Morgan fingerprint density at radius 2 is 1.60 bits per heavy atom. The summed E-state index contributed by atoms with van der Waals surface area (Å²) in [6, 6.07) is 0. The molecule has 0 saturated carbocycles. The van der Waals surface area contributed by atoms with E-state index in [0.29, 0.717) is 5.92 Å². The minimum absolute atomic E-state index is 0.219. The van der Waals surface area contributed by atoms with Gasteiger partial charge in [-0.25, -0.2) is 0 Å². The number of likely N-dealkylation sites (tertiary alicyclic amines) is 1. The van der Waals surface area contributed by atoms with Crippen LogP contribution in [0.1, 0.15) is 24.6 Å². The zero-order chi connectivity index (χ0) is 10.8. The number of rotatable bonds is 1. The Balaban J connectivity index is 2.15. The van der Waals surface area contributed by atoms with Crippen LogP contribution in [0.5, 0.6) is 0 Å². The van der Waals surface area contributed by atoms with E-state index >= 15 is 0 Å². The minimum atomic E-state index is 0.219. The molecule has 15 heavy (non-hydrogen) atoms. The van der Waals surface area contributed by atoms with Gasteiger partial charge in [-0.3, -0.25) is 0 Å². The van der Waals surface area contributed by atoms with Crippen molar-refractivity contribution in [2.75, 3.05) is 31.6 Å². The molecule has 1 aliphatic rings. The molecular weight excluding hydrogens is 192 g/mol. The van der Waals surface area contributed by atoms with E-state index in [1.807, 2.05) is 0 Å². The molecule has 82 valence electrons. The molecule has 0 aromatic carbocycles. The van der Waals surface area contributed by atoms with Crippen LogP contribution in [0.3, 0.4) is 0 Å². The Hall–Kier alpha value is -1.43. The Bertz CT molecular complexity index is 324. The number of aromatic nitrogens is 3. The third-order valence-corrected chi connectivity index (χ3v) is 2.77. The summed E-state index contributed by atoms with van der Waals surface area (Å²) in [6.45, 7) is 2.13. The monoisotopic (exact) mass is 208 g/mol. The van der Waals surface area contributed by atoms with Crippen LogP contribution in [-0.4, -0.2) is 40.0 Å². The van der Waals surface area contributed by atoms with Gasteiger partial charge in [-0.05, 0) is 33.0 Å². The average molecular weight is 208 g/mol. The maximum absolute atomic E-state index is 5.54. The third-order valence-electron chi connectivity index (χ3n) is 2.77. The van der Waals surface area contributed by atoms with E-state index in [0.717, 1.165) is 31.8 Å². The Labute approximate surface area is 88.7 Å². The second kappa shape index (κ2) is 3.98. The van der Waals surface area contributed by atoms with Crippen LogP contribution in [0.15, 0.2) is 0 Å². The van der Waals surface area contributed by atoms with Gasteiger partial charge >= 0.3 is 0 Å². The number of hydrogen-bond acceptors (Lipinski definition) is 6. The molecule has 6 heteroatoms. The van der Waals surface area contributed by atoms with Gasteiger partial charge in [0.1, 0.15) is 5.82 Å². The number of anilines is 2. The van der Waals surface area contributed by atoms with Crippen molar-refractivity contribution in [3.8, 4) is 0 Å². The van der Waals surface area contributed by atoms with Gasteiger partial charge in [0.15, 0.2) is 0 Å². The van der Waals surface area contributed by atoms with Crippen LogP contribution in [-0.2, 0) is 0 Å². The zero-order valence-corrected chi connectivity index (χ0v) is 8.85. The highest BCUT2D eigenvalue weighted by molar-refractivity contribution is 5.27. The highest BCUT2D eigenvalue weighted by Crippen LogP contribution is 2.25. The van der Waals surface area contributed by atoms with Crippen LogP contribution in [0.4, 0.5) is 11.9 Å². The molecule has 1 aromatic heterocycles. The van der Waals surface area contributed by atoms with Crippen LogP contribution >= 0.6 is 0 Å². The van der Waals surface area contributed by atoms with E-state index in [1.165, 1.54) is 0 Å². The van der Waals surface area contributed by atoms with Crippen LogP contribution in [0.2, 0.25) is 0 Å². The summed E-state index contributed by atoms with van der Waals surface area (Å²) in [7, 11) is 2.12. The maximum atomic E-state index is 5.54. The Morgan fingerprint density at radius 1 is 1.07 bits per heavy atom. The molecule has 1 saturated heterocycles. The summed E-state index contributed by atoms with van der Waals surface area (Å²) in [5, 5.41) is 0. The third kappa shape index (κ3) is 2.33. The van der Waals surface area contributed by atoms with Crippen molar-refractivity contribution in [1.29, 1.82) is 0 Å². The van der Waals surface area contributed by atoms with Gasteiger partial charge < -0.3 is 16.4 Å². The van der Waals surface area contributed by atoms with Crippen LogP contribution in [0.25, 0.3) is 0 Å². The van der Waals surface area contributed by atoms with Gasteiger partial charge in [-0.15, -0.1) is 0 Å². The molecule has 0 unspecified atom stereocenters. The summed E-state index contributed by atoms with van der Waals surface area (Å²) >= 11 is 0. The number of nitrogens with zero attached hydrogens (tertiary/aromatic N) is 4. The van der Waals surface area contributed by atoms with Crippen molar-refractivity contribution in [1.82, 2.24) is 19.9 Å². The lowest BCUT2D eigenvalue weighted by Crippen LogP contribution is -2.30. The van der Waals surface area contributed by atoms with E-state index in [2.05, 4.69) is 26.9 Å². The van der Waals surface area contributed by atoms with Gasteiger partial charge in [-0.2, -0.15) is 15.0 Å². The molecule has 2 rings (SSSR count). The average Bonchev–Trinajstić information content (AvgIpc) is 2.17. The van der Waals surface area contributed by atoms with Crippen LogP contribution < -0.4 is 11.5 Å². The molecule has 0 bridgehead atoms. The second-order valence-corrected chi connectivity index (χ2v) is 3.99. The standard InChI is InChI=1S/C9H16N6/c1-15-4-2-6(3-5-15)7-12-8(10)14-9(11)13-7/h6H,2-5H2,1H3,(H4,10,11,12,13,14). The molecule has 0 amide bonds. The number of nitrogens with two attached hydrogens (primary N) is 2. The van der Waals surface area contributed by atoms with Gasteiger partial charge in [0.05, 0.1) is 0 Å². The first-order valence-electron chi connectivity index (χ1n) is 5.10. The second-order valence-electron chi connectivity index (χ2n) is 3.99. The molecule has 2 heterocycles. The first-order valence-corrected chi connectivity index (χ1v) is 5.10. The predicted molar refractivity (Wildman–Crippen MR) is 58.1 cm³/mol. The van der Waals surface area contributed by atoms with E-state index < -0.39 is 0 Å². The smallest absolute Gasteiger partial charge is 0.225 e. The number of nitrogen functional groups attached to an aromatic ring is 2. The molecule has 0 aliphatic carbocycles. The fraction of sp³-hybridized carbons (Fsp3) is 0.667. The summed E-state index contributed by atoms with van der Waals surface area (Å²) in [6.07, 6.45) is 2.11. The highest BCUT2D eigenvalue weighted by atomic mass is 15.1. The largest absolute Gasteiger partial charge is 0.368 e. The first kappa shape index (κ1) is 10.1. The number of hydrogen-bond donors (Lipinski definition) is 2. The van der Waals surface area contributed by atoms with Crippen molar-refractivity contribution < 1.29 is 0 Å². The van der Waals surface area contributed by atoms with Gasteiger partial charge in [0, 0.05) is 5.92 Å². The van der Waals surface area contributed by atoms with E-state index in [-0.39, 0.29) is 11.9 Å². The first-order chi connectivity index (χ1) is 7.15. The van der Waals surface area contributed by atoms with Crippen molar-refractivity contribution in [2.45, 2.75) is 18.8 Å². The lowest BCUT2D eigenvalue weighted by molar-refractivity contribution is 0.251. The molecule has 6 nitrogen and oxygen atoms in total. The summed E-state index contributed by atoms with van der Waals surface area (Å²) < 4.78 is 0. The predicted octanol–water partition coefficient (Wildman–Crippen LogP) is -0.155. The molecule has 1 aliphatic heterocycles. The fourth-order valence-electron chi connectivity index (χ4n) is 1.88. The zero-order valence-electron chi connectivity index (χ0n) is 8.85. The lowest BCUT2D eigenvalue weighted by atomic mass is 9.96. The van der Waals surface area contributed by atoms with E-state index in [9.17, 15) is 0 Å². The Kier molecular flexibility index (Phi) is 2.68. The minimum Gasteiger partial charge on any atom is -0.368 e. The summed E-state index contributed by atoms with van der Waals surface area (Å²) in [4.78, 5) is 14.3. The van der Waals surface area contributed by atoms with E-state index in [4.69, 9.17) is 11.5 Å². The Morgan fingerprint density at radius 3 is 2.13 bits per heavy atom. The van der Waals surface area contributed by atoms with Gasteiger partial charge in [0.25, 0.3) is 0 Å². The topological polar surface area (TPSA) is 94.0 Å². The molecule has 0 atom stereocenters. The maximum Gasteiger partial charge on any atom is 0.225 e. The van der Waals surface area contributed by atoms with Crippen molar-refractivity contribution >= 4 is 11.9 Å². The molecular formula is C9H16N6. The van der Waals surface area contributed by atoms with Gasteiger partial charge in [-0.1, -0.05) is 0 Å². The number of piperidine rings is 1. The van der Waals surface area contributed by atoms with Crippen molar-refractivity contribution in [3.05, 3.63) is 5.82 Å². The van der Waals surface area contributed by atoms with Gasteiger partial charge in [0.2, 0.25) is 11.9 Å². The quantitative estimate of drug-likeness (QED) is 0.666. The molecule has 1 aromatic rings. The molecule has 4 N–H and O–H groups in total. The van der Waals surface area contributed by atoms with E-state index in [1.54, 1.807) is 0 Å². The molecule has 0 radical (unpaired) electrons. The van der Waals surface area contributed by atoms with Crippen LogP contribution in [0, 0.1) is 0 Å². The molecule has 1 fully saturated rings. The van der Waals surface area contributed by atoms with Crippen molar-refractivity contribution in [2.24, 2.45) is 0 Å². The van der Waals surface area contributed by atoms with Crippen molar-refractivity contribution in [3.63, 3.8) is 0 Å². The summed E-state index contributed by atoms with van der Waals surface area (Å²) in [5.41, 5.74) is 11.1. The molecule has 0 spiro atoms. The summed E-state index contributed by atoms with van der Waals surface area (Å²) in [5.74, 6) is 1.55. The highest BCUT2D eigenvalue weighted by Gasteiger charge is 2.21. The SMILES string of the molecule is CN1CCC(c2nc(N)nc(N)n2)CC1.